The van der Waals surface area contributed by atoms with Gasteiger partial charge in [-0.2, -0.15) is 0 Å². The van der Waals surface area contributed by atoms with Crippen LogP contribution in [0.4, 0.5) is 0 Å². The van der Waals surface area contributed by atoms with E-state index in [0.29, 0.717) is 17.5 Å². The van der Waals surface area contributed by atoms with Crippen molar-refractivity contribution >= 4 is 65.3 Å². The standard InChI is InChI=1S/C47H28N4O/c1-3-14-29(15-4-1)45-48-46(30-16-5-2-6-17-30)50-47(49-45)31-18-13-19-32(28-31)51-38-26-27-40-41(37-24-11-12-25-39(37)52-40)43(38)42-35-22-9-7-20-33(35)34-21-8-10-23-36(34)44(42)51/h1-28H. The zero-order valence-corrected chi connectivity index (χ0v) is 27.9. The van der Waals surface area contributed by atoms with Crippen LogP contribution in [-0.2, 0) is 0 Å². The number of benzene rings is 8. The van der Waals surface area contributed by atoms with Gasteiger partial charge < -0.3 is 8.98 Å². The van der Waals surface area contributed by atoms with Gasteiger partial charge in [-0.15, -0.1) is 0 Å². The minimum absolute atomic E-state index is 0.619. The lowest BCUT2D eigenvalue weighted by molar-refractivity contribution is 0.669. The fourth-order valence-electron chi connectivity index (χ4n) is 7.96. The van der Waals surface area contributed by atoms with Crippen LogP contribution in [0, 0.1) is 0 Å². The maximum atomic E-state index is 6.46. The molecule has 0 amide bonds. The van der Waals surface area contributed by atoms with Gasteiger partial charge in [-0.1, -0.05) is 140 Å². The van der Waals surface area contributed by atoms with E-state index in [1.165, 1.54) is 32.3 Å². The molecule has 3 heterocycles. The topological polar surface area (TPSA) is 56.7 Å². The van der Waals surface area contributed by atoms with Gasteiger partial charge in [-0.3, -0.25) is 0 Å². The van der Waals surface area contributed by atoms with Crippen LogP contribution in [0.1, 0.15) is 0 Å². The van der Waals surface area contributed by atoms with Crippen molar-refractivity contribution in [1.82, 2.24) is 19.5 Å². The number of hydrogen-bond acceptors (Lipinski definition) is 4. The smallest absolute Gasteiger partial charge is 0.164 e. The molecule has 0 atom stereocenters. The van der Waals surface area contributed by atoms with Gasteiger partial charge in [0.2, 0.25) is 0 Å². The summed E-state index contributed by atoms with van der Waals surface area (Å²) in [5.74, 6) is 1.89. The first-order chi connectivity index (χ1) is 25.8. The van der Waals surface area contributed by atoms with Crippen LogP contribution in [0.2, 0.25) is 0 Å². The second-order valence-corrected chi connectivity index (χ2v) is 13.2. The number of fused-ring (bicyclic) bond motifs is 12. The Morgan fingerprint density at radius 3 is 1.60 bits per heavy atom. The van der Waals surface area contributed by atoms with Crippen molar-refractivity contribution < 1.29 is 4.42 Å². The van der Waals surface area contributed by atoms with Crippen LogP contribution < -0.4 is 0 Å². The highest BCUT2D eigenvalue weighted by atomic mass is 16.3. The molecule has 8 aromatic carbocycles. The zero-order valence-electron chi connectivity index (χ0n) is 27.9. The Labute approximate surface area is 298 Å². The molecular weight excluding hydrogens is 637 g/mol. The number of para-hydroxylation sites is 1. The third-order valence-corrected chi connectivity index (χ3v) is 10.2. The van der Waals surface area contributed by atoms with Crippen molar-refractivity contribution in [3.8, 4) is 39.9 Å². The molecule has 0 saturated heterocycles. The van der Waals surface area contributed by atoms with Crippen LogP contribution in [0.25, 0.3) is 105 Å². The van der Waals surface area contributed by atoms with Gasteiger partial charge in [0.15, 0.2) is 17.5 Å². The average Bonchev–Trinajstić information content (AvgIpc) is 3.78. The summed E-state index contributed by atoms with van der Waals surface area (Å²) in [5.41, 5.74) is 7.84. The fourth-order valence-corrected chi connectivity index (χ4v) is 7.96. The van der Waals surface area contributed by atoms with Crippen LogP contribution in [0.3, 0.4) is 0 Å². The van der Waals surface area contributed by atoms with Crippen LogP contribution in [0.15, 0.2) is 174 Å². The third kappa shape index (κ3) is 4.26. The van der Waals surface area contributed by atoms with Crippen LogP contribution in [0.5, 0.6) is 0 Å². The zero-order chi connectivity index (χ0) is 34.2. The van der Waals surface area contributed by atoms with Gasteiger partial charge >= 0.3 is 0 Å². The highest BCUT2D eigenvalue weighted by Crippen LogP contribution is 2.46. The summed E-state index contributed by atoms with van der Waals surface area (Å²) in [6.45, 7) is 0. The van der Waals surface area contributed by atoms with E-state index < -0.39 is 0 Å². The summed E-state index contributed by atoms with van der Waals surface area (Å²) in [5, 5.41) is 9.49. The van der Waals surface area contributed by atoms with E-state index in [1.54, 1.807) is 0 Å². The lowest BCUT2D eigenvalue weighted by Crippen LogP contribution is -2.01. The molecule has 0 spiro atoms. The molecule has 0 saturated carbocycles. The van der Waals surface area contributed by atoms with Gasteiger partial charge in [0.1, 0.15) is 11.2 Å². The summed E-state index contributed by atoms with van der Waals surface area (Å²) in [7, 11) is 0. The van der Waals surface area contributed by atoms with Crippen molar-refractivity contribution in [2.75, 3.05) is 0 Å². The van der Waals surface area contributed by atoms with E-state index in [0.717, 1.165) is 55.3 Å². The second-order valence-electron chi connectivity index (χ2n) is 13.2. The quantitative estimate of drug-likeness (QED) is 0.176. The van der Waals surface area contributed by atoms with E-state index in [1.807, 2.05) is 66.7 Å². The van der Waals surface area contributed by atoms with Gasteiger partial charge in [0.25, 0.3) is 0 Å². The molecule has 0 N–H and O–H groups in total. The monoisotopic (exact) mass is 664 g/mol. The average molecular weight is 665 g/mol. The molecule has 52 heavy (non-hydrogen) atoms. The first-order valence-corrected chi connectivity index (χ1v) is 17.5. The summed E-state index contributed by atoms with van der Waals surface area (Å²) in [6, 6.07) is 59.0. The molecule has 0 aliphatic rings. The molecule has 5 heteroatoms. The number of hydrogen-bond donors (Lipinski definition) is 0. The van der Waals surface area contributed by atoms with Crippen molar-refractivity contribution in [2.45, 2.75) is 0 Å². The predicted molar refractivity (Wildman–Crippen MR) is 213 cm³/mol. The largest absolute Gasteiger partial charge is 0.456 e. The maximum absolute atomic E-state index is 6.46. The third-order valence-electron chi connectivity index (χ3n) is 10.2. The van der Waals surface area contributed by atoms with E-state index in [4.69, 9.17) is 19.4 Å². The molecular formula is C47H28N4O. The summed E-state index contributed by atoms with van der Waals surface area (Å²) >= 11 is 0. The summed E-state index contributed by atoms with van der Waals surface area (Å²) < 4.78 is 8.88. The fraction of sp³-hybridized carbons (Fsp3) is 0. The molecule has 11 aromatic rings. The minimum Gasteiger partial charge on any atom is -0.456 e. The van der Waals surface area contributed by atoms with E-state index in [-0.39, 0.29) is 0 Å². The van der Waals surface area contributed by atoms with Crippen molar-refractivity contribution in [2.24, 2.45) is 0 Å². The Morgan fingerprint density at radius 1 is 0.365 bits per heavy atom. The summed E-state index contributed by atoms with van der Waals surface area (Å²) in [6.07, 6.45) is 0. The predicted octanol–water partition coefficient (Wildman–Crippen LogP) is 12.2. The number of aromatic nitrogens is 4. The molecule has 0 aliphatic heterocycles. The molecule has 3 aromatic heterocycles. The van der Waals surface area contributed by atoms with Gasteiger partial charge in [-0.05, 0) is 46.5 Å². The SMILES string of the molecule is c1ccc(-c2nc(-c3ccccc3)nc(-c3cccc(-n4c5ccc6oc7ccccc7c6c5c5c6ccccc6c6ccccc6c54)c3)n2)cc1. The number of furan rings is 1. The van der Waals surface area contributed by atoms with Crippen molar-refractivity contribution in [3.05, 3.63) is 170 Å². The van der Waals surface area contributed by atoms with Gasteiger partial charge in [0, 0.05) is 49.3 Å². The van der Waals surface area contributed by atoms with E-state index >= 15 is 0 Å². The molecule has 0 radical (unpaired) electrons. The first-order valence-electron chi connectivity index (χ1n) is 17.5. The molecule has 0 aliphatic carbocycles. The molecule has 242 valence electrons. The normalized spacial score (nSPS) is 11.8. The highest BCUT2D eigenvalue weighted by molar-refractivity contribution is 6.37. The van der Waals surface area contributed by atoms with Crippen molar-refractivity contribution in [3.63, 3.8) is 0 Å². The lowest BCUT2D eigenvalue weighted by atomic mass is 9.95. The first kappa shape index (κ1) is 28.7. The Bertz CT molecular complexity index is 3120. The Balaban J connectivity index is 1.25. The van der Waals surface area contributed by atoms with Crippen molar-refractivity contribution in [1.29, 1.82) is 0 Å². The highest BCUT2D eigenvalue weighted by Gasteiger charge is 2.23. The second kappa shape index (κ2) is 11.2. The number of rotatable bonds is 4. The van der Waals surface area contributed by atoms with Gasteiger partial charge in [-0.25, -0.2) is 15.0 Å². The number of nitrogens with zero attached hydrogens (tertiary/aromatic N) is 4. The van der Waals surface area contributed by atoms with Gasteiger partial charge in [0.05, 0.1) is 11.0 Å². The van der Waals surface area contributed by atoms with Crippen LogP contribution in [-0.4, -0.2) is 19.5 Å². The minimum atomic E-state index is 0.619. The molecule has 0 unspecified atom stereocenters. The molecule has 5 nitrogen and oxygen atoms in total. The maximum Gasteiger partial charge on any atom is 0.164 e. The molecule has 0 fully saturated rings. The Morgan fingerprint density at radius 2 is 0.904 bits per heavy atom. The molecule has 11 rings (SSSR count). The Hall–Kier alpha value is -7.11. The van der Waals surface area contributed by atoms with E-state index in [2.05, 4.69) is 108 Å². The van der Waals surface area contributed by atoms with E-state index in [9.17, 15) is 0 Å². The van der Waals surface area contributed by atoms with Crippen LogP contribution >= 0.6 is 0 Å². The molecule has 0 bridgehead atoms. The Kier molecular flexibility index (Phi) is 6.18. The summed E-state index contributed by atoms with van der Waals surface area (Å²) in [4.78, 5) is 15.1. The lowest BCUT2D eigenvalue weighted by Gasteiger charge is -2.13.